The van der Waals surface area contributed by atoms with Gasteiger partial charge in [0, 0.05) is 10.6 Å². The second-order valence-electron chi connectivity index (χ2n) is 4.37. The topological polar surface area (TPSA) is 20.2 Å². The third kappa shape index (κ3) is 5.85. The Bertz CT molecular complexity index is 590. The van der Waals surface area contributed by atoms with Crippen LogP contribution < -0.4 is 10.6 Å². The number of rotatable bonds is 3. The van der Waals surface area contributed by atoms with Crippen molar-refractivity contribution in [2.45, 2.75) is 6.42 Å². The molecular weight excluding hydrogens is 603 g/mol. The van der Waals surface area contributed by atoms with Crippen LogP contribution in [-0.2, 0) is 12.5 Å². The molecule has 118 valence electrons. The molecule has 22 heavy (non-hydrogen) atoms. The first-order valence-corrected chi connectivity index (χ1v) is 19.6. The summed E-state index contributed by atoms with van der Waals surface area (Å²) in [6, 6.07) is 19.5. The summed E-state index contributed by atoms with van der Waals surface area (Å²) < 4.78 is 1.56. The summed E-state index contributed by atoms with van der Waals surface area (Å²) in [6.45, 7) is 0. The van der Waals surface area contributed by atoms with Gasteiger partial charge < -0.3 is 4.89 Å². The van der Waals surface area contributed by atoms with E-state index in [4.69, 9.17) is 0 Å². The maximum absolute atomic E-state index is 10.1. The average Bonchev–Trinajstić information content (AvgIpc) is 3.11. The van der Waals surface area contributed by atoms with Crippen molar-refractivity contribution in [1.82, 2.24) is 0 Å². The van der Waals surface area contributed by atoms with Gasteiger partial charge in [-0.2, -0.15) is 0 Å². The molecule has 1 aliphatic rings. The van der Waals surface area contributed by atoms with Gasteiger partial charge in [0.25, 0.3) is 0 Å². The Kier molecular flexibility index (Phi) is 8.24. The molecule has 0 fully saturated rings. The standard InChI is InChI=1S/C12H11OP.C5H5.2BrH.Ir/c13-14(11-7-3-1-4-8-11)12-9-5-2-6-10-12;1-2-4-5-3-1;;;/h1-10,13H;1-3H,4H2;2*1H;/q;;;;+2/p-2. The van der Waals surface area contributed by atoms with Gasteiger partial charge in [-0.25, -0.2) is 0 Å². The molecular formula is C17H16Br2IrOP. The Morgan fingerprint density at radius 1 is 0.864 bits per heavy atom. The predicted octanol–water partition coefficient (Wildman–Crippen LogP) is 5.09. The van der Waals surface area contributed by atoms with Crippen LogP contribution in [0.5, 0.6) is 0 Å². The molecule has 2 aromatic carbocycles. The van der Waals surface area contributed by atoms with E-state index in [2.05, 4.69) is 45.2 Å². The zero-order valence-corrected chi connectivity index (χ0v) is 18.2. The van der Waals surface area contributed by atoms with Gasteiger partial charge in [-0.3, -0.25) is 0 Å². The summed E-state index contributed by atoms with van der Waals surface area (Å²) in [5.74, 6) is 0. The number of allylic oxidation sites excluding steroid dienone is 4. The van der Waals surface area contributed by atoms with Crippen molar-refractivity contribution >= 4 is 45.7 Å². The van der Waals surface area contributed by atoms with E-state index in [1.165, 1.54) is 0 Å². The van der Waals surface area contributed by atoms with Crippen LogP contribution in [0, 0.1) is 0 Å². The summed E-state index contributed by atoms with van der Waals surface area (Å²) >= 11 is 6.12. The van der Waals surface area contributed by atoms with Gasteiger partial charge in [-0.1, -0.05) is 60.7 Å². The first kappa shape index (κ1) is 18.3. The Balaban J connectivity index is 0.000000188. The molecule has 0 saturated heterocycles. The summed E-state index contributed by atoms with van der Waals surface area (Å²) in [5, 5.41) is 1.99. The van der Waals surface area contributed by atoms with Gasteiger partial charge >= 0.3 is 68.2 Å². The molecule has 2 aromatic rings. The van der Waals surface area contributed by atoms with Crippen LogP contribution in [0.1, 0.15) is 6.42 Å². The van der Waals surface area contributed by atoms with Crippen molar-refractivity contribution in [2.75, 3.05) is 0 Å². The van der Waals surface area contributed by atoms with Crippen LogP contribution in [-0.4, -0.2) is 4.89 Å². The van der Waals surface area contributed by atoms with Gasteiger partial charge in [-0.05, 0) is 0 Å². The van der Waals surface area contributed by atoms with Crippen molar-refractivity contribution in [3.05, 3.63) is 83.0 Å². The molecule has 0 aliphatic heterocycles. The molecule has 0 aromatic heterocycles. The van der Waals surface area contributed by atoms with E-state index in [-0.39, 0.29) is 0 Å². The van der Waals surface area contributed by atoms with Crippen LogP contribution in [0.3, 0.4) is 0 Å². The average molecular weight is 619 g/mol. The van der Waals surface area contributed by atoms with Crippen molar-refractivity contribution < 1.29 is 17.4 Å². The van der Waals surface area contributed by atoms with Gasteiger partial charge in [0.15, 0.2) is 0 Å². The summed E-state index contributed by atoms with van der Waals surface area (Å²) in [4.78, 5) is 10.1. The Morgan fingerprint density at radius 2 is 1.36 bits per heavy atom. The van der Waals surface area contributed by atoms with Crippen LogP contribution in [0.15, 0.2) is 83.0 Å². The molecule has 0 radical (unpaired) electrons. The first-order valence-electron chi connectivity index (χ1n) is 6.60. The van der Waals surface area contributed by atoms with Crippen LogP contribution >= 0.6 is 35.1 Å². The number of hydrogen-bond acceptors (Lipinski definition) is 1. The van der Waals surface area contributed by atoms with Gasteiger partial charge in [0.2, 0.25) is 0 Å². The van der Waals surface area contributed by atoms with E-state index in [9.17, 15) is 4.89 Å². The third-order valence-corrected chi connectivity index (χ3v) is 12.1. The van der Waals surface area contributed by atoms with Crippen LogP contribution in [0.4, 0.5) is 0 Å². The number of benzene rings is 2. The summed E-state index contributed by atoms with van der Waals surface area (Å²) in [6.07, 6.45) is 7.65. The maximum atomic E-state index is 10.1. The van der Waals surface area contributed by atoms with Crippen LogP contribution in [0.25, 0.3) is 0 Å². The predicted molar refractivity (Wildman–Crippen MR) is 101 cm³/mol. The molecule has 0 atom stereocenters. The number of halogens is 2. The molecule has 0 bridgehead atoms. The Morgan fingerprint density at radius 3 is 1.68 bits per heavy atom. The minimum atomic E-state index is -1.17. The SMILES string of the molecule is OP(c1ccccc1)c1ccccc1.[Br][Ir]([Br])[C]1=CC=CC1. The molecule has 1 aliphatic carbocycles. The van der Waals surface area contributed by atoms with E-state index < -0.39 is 20.6 Å². The molecule has 0 spiro atoms. The normalized spacial score (nSPS) is 13.5. The van der Waals surface area contributed by atoms with E-state index >= 15 is 0 Å². The molecule has 0 amide bonds. The second kappa shape index (κ2) is 9.92. The molecule has 0 unspecified atom stereocenters. The second-order valence-corrected chi connectivity index (χ2v) is 23.3. The fourth-order valence-electron chi connectivity index (χ4n) is 1.79. The fraction of sp³-hybridized carbons (Fsp3) is 0.0588. The fourth-order valence-corrected chi connectivity index (χ4v) is 7.39. The monoisotopic (exact) mass is 618 g/mol. The van der Waals surface area contributed by atoms with Crippen molar-refractivity contribution in [1.29, 1.82) is 0 Å². The molecule has 1 nitrogen and oxygen atoms in total. The van der Waals surface area contributed by atoms with Crippen molar-refractivity contribution in [2.24, 2.45) is 0 Å². The number of hydrogen-bond donors (Lipinski definition) is 1. The van der Waals surface area contributed by atoms with E-state index in [0.717, 1.165) is 17.0 Å². The third-order valence-electron chi connectivity index (χ3n) is 2.87. The summed E-state index contributed by atoms with van der Waals surface area (Å²) in [7, 11) is -1.17. The van der Waals surface area contributed by atoms with Gasteiger partial charge in [0.1, 0.15) is 0 Å². The van der Waals surface area contributed by atoms with E-state index in [0.29, 0.717) is 0 Å². The zero-order chi connectivity index (χ0) is 15.8. The quantitative estimate of drug-likeness (QED) is 0.475. The molecule has 3 rings (SSSR count). The Labute approximate surface area is 151 Å². The van der Waals surface area contributed by atoms with E-state index in [1.54, 1.807) is 4.09 Å². The van der Waals surface area contributed by atoms with Crippen molar-refractivity contribution in [3.8, 4) is 0 Å². The Hall–Kier alpha value is -0.0806. The zero-order valence-electron chi connectivity index (χ0n) is 11.7. The first-order chi connectivity index (χ1) is 10.7. The molecule has 0 saturated carbocycles. The van der Waals surface area contributed by atoms with Gasteiger partial charge in [-0.15, -0.1) is 0 Å². The van der Waals surface area contributed by atoms with Crippen molar-refractivity contribution in [3.63, 3.8) is 0 Å². The molecule has 0 heterocycles. The van der Waals surface area contributed by atoms with E-state index in [1.807, 2.05) is 60.7 Å². The minimum absolute atomic E-state index is 0.994. The summed E-state index contributed by atoms with van der Waals surface area (Å²) in [5.41, 5.74) is 0. The van der Waals surface area contributed by atoms with Crippen LogP contribution in [0.2, 0.25) is 0 Å². The van der Waals surface area contributed by atoms with Gasteiger partial charge in [0.05, 0.1) is 8.15 Å². The molecule has 5 heteroatoms. The molecule has 1 N–H and O–H groups in total.